The largest absolute Gasteiger partial charge is 0.393 e. The highest BCUT2D eigenvalue weighted by Crippen LogP contribution is 2.67. The molecule has 0 saturated heterocycles. The van der Waals surface area contributed by atoms with E-state index in [1.807, 2.05) is 0 Å². The third kappa shape index (κ3) is 3.56. The Bertz CT molecular complexity index is 663. The van der Waals surface area contributed by atoms with E-state index in [2.05, 4.69) is 40.7 Å². The molecule has 0 aliphatic heterocycles. The Labute approximate surface area is 178 Å². The Morgan fingerprint density at radius 3 is 2.59 bits per heavy atom. The summed E-state index contributed by atoms with van der Waals surface area (Å²) in [5, 5.41) is 10.2. The van der Waals surface area contributed by atoms with Crippen molar-refractivity contribution in [2.24, 2.45) is 46.3 Å². The highest BCUT2D eigenvalue weighted by Gasteiger charge is 2.59. The SMILES string of the molecule is CC(C)CCC(=O)[C@H](C)[C@H]1CC[C@H]2[C@@H]3CC=C4C[C@H](O)CC[C@]4(C)[C@H]3CC[C@]12C. The molecule has 0 aromatic heterocycles. The van der Waals surface area contributed by atoms with E-state index in [9.17, 15) is 9.90 Å². The van der Waals surface area contributed by atoms with Crippen LogP contribution in [0.3, 0.4) is 0 Å². The molecule has 0 aromatic carbocycles. The minimum Gasteiger partial charge on any atom is -0.393 e. The number of hydrogen-bond acceptors (Lipinski definition) is 2. The summed E-state index contributed by atoms with van der Waals surface area (Å²) in [6.45, 7) is 11.7. The number of aliphatic hydroxyl groups excluding tert-OH is 1. The first kappa shape index (κ1) is 21.6. The lowest BCUT2D eigenvalue weighted by Crippen LogP contribution is -2.51. The molecular weight excluding hydrogens is 356 g/mol. The van der Waals surface area contributed by atoms with E-state index in [4.69, 9.17) is 0 Å². The summed E-state index contributed by atoms with van der Waals surface area (Å²) in [6, 6.07) is 0. The summed E-state index contributed by atoms with van der Waals surface area (Å²) in [5.74, 6) is 4.32. The molecule has 0 bridgehead atoms. The molecule has 3 fully saturated rings. The van der Waals surface area contributed by atoms with Crippen molar-refractivity contribution in [3.8, 4) is 0 Å². The van der Waals surface area contributed by atoms with Gasteiger partial charge in [-0.25, -0.2) is 0 Å². The Morgan fingerprint density at radius 2 is 1.86 bits per heavy atom. The standard InChI is InChI=1S/C27H44O2/c1-17(2)6-11-25(29)18(3)22-9-10-23-21-8-7-19-16-20(28)12-14-26(19,4)24(21)13-15-27(22,23)5/h7,17-18,20-24,28H,6,8-16H2,1-5H3/t18-,20-,21+,22-,23+,24+,26+,27-/m1/s1. The second kappa shape index (κ2) is 7.81. The van der Waals surface area contributed by atoms with Crippen molar-refractivity contribution in [3.05, 3.63) is 11.6 Å². The minimum absolute atomic E-state index is 0.117. The fraction of sp³-hybridized carbons (Fsp3) is 0.889. The van der Waals surface area contributed by atoms with Crippen molar-refractivity contribution >= 4 is 5.78 Å². The van der Waals surface area contributed by atoms with Crippen molar-refractivity contribution in [3.63, 3.8) is 0 Å². The molecule has 0 radical (unpaired) electrons. The molecule has 1 N–H and O–H groups in total. The Morgan fingerprint density at radius 1 is 1.10 bits per heavy atom. The molecule has 0 unspecified atom stereocenters. The van der Waals surface area contributed by atoms with Gasteiger partial charge in [-0.3, -0.25) is 4.79 Å². The summed E-state index contributed by atoms with van der Waals surface area (Å²) in [5.41, 5.74) is 2.23. The smallest absolute Gasteiger partial charge is 0.136 e. The highest BCUT2D eigenvalue weighted by atomic mass is 16.3. The van der Waals surface area contributed by atoms with Crippen LogP contribution in [0.1, 0.15) is 98.8 Å². The second-order valence-electron chi connectivity index (χ2n) is 12.1. The van der Waals surface area contributed by atoms with E-state index in [0.29, 0.717) is 28.4 Å². The molecular formula is C27H44O2. The highest BCUT2D eigenvalue weighted by molar-refractivity contribution is 5.81. The van der Waals surface area contributed by atoms with Gasteiger partial charge in [-0.05, 0) is 98.2 Å². The van der Waals surface area contributed by atoms with E-state index in [1.165, 1.54) is 32.1 Å². The van der Waals surface area contributed by atoms with Gasteiger partial charge in [0.1, 0.15) is 5.78 Å². The number of carbonyl (C=O) groups is 1. The van der Waals surface area contributed by atoms with Crippen molar-refractivity contribution in [1.82, 2.24) is 0 Å². The van der Waals surface area contributed by atoms with Crippen LogP contribution < -0.4 is 0 Å². The molecule has 0 heterocycles. The average Bonchev–Trinajstić information content (AvgIpc) is 3.03. The van der Waals surface area contributed by atoms with Gasteiger partial charge in [0, 0.05) is 12.3 Å². The van der Waals surface area contributed by atoms with Gasteiger partial charge in [0.05, 0.1) is 6.10 Å². The van der Waals surface area contributed by atoms with E-state index in [1.54, 1.807) is 5.57 Å². The first-order valence-electron chi connectivity index (χ1n) is 12.6. The maximum absolute atomic E-state index is 13.0. The van der Waals surface area contributed by atoms with Crippen molar-refractivity contribution in [2.45, 2.75) is 105 Å². The van der Waals surface area contributed by atoms with Crippen molar-refractivity contribution in [2.75, 3.05) is 0 Å². The fourth-order valence-electron chi connectivity index (χ4n) is 8.39. The maximum Gasteiger partial charge on any atom is 0.136 e. The lowest BCUT2D eigenvalue weighted by Gasteiger charge is -2.58. The monoisotopic (exact) mass is 400 g/mol. The van der Waals surface area contributed by atoms with Crippen LogP contribution in [0.15, 0.2) is 11.6 Å². The van der Waals surface area contributed by atoms with E-state index < -0.39 is 0 Å². The van der Waals surface area contributed by atoms with Gasteiger partial charge in [0.25, 0.3) is 0 Å². The van der Waals surface area contributed by atoms with E-state index in [-0.39, 0.29) is 12.0 Å². The number of fused-ring (bicyclic) bond motifs is 5. The lowest BCUT2D eigenvalue weighted by molar-refractivity contribution is -0.127. The van der Waals surface area contributed by atoms with Crippen molar-refractivity contribution < 1.29 is 9.90 Å². The van der Waals surface area contributed by atoms with Crippen LogP contribution in [-0.2, 0) is 4.79 Å². The normalized spacial score (nSPS) is 45.2. The first-order chi connectivity index (χ1) is 13.7. The molecule has 4 rings (SSSR count). The van der Waals surface area contributed by atoms with Gasteiger partial charge >= 0.3 is 0 Å². The number of hydrogen-bond donors (Lipinski definition) is 1. The Balaban J connectivity index is 1.52. The predicted octanol–water partition coefficient (Wildman–Crippen LogP) is 6.57. The van der Waals surface area contributed by atoms with Crippen LogP contribution in [-0.4, -0.2) is 17.0 Å². The fourth-order valence-corrected chi connectivity index (χ4v) is 8.39. The molecule has 164 valence electrons. The number of carbonyl (C=O) groups excluding carboxylic acids is 1. The van der Waals surface area contributed by atoms with Crippen LogP contribution in [0.4, 0.5) is 0 Å². The van der Waals surface area contributed by atoms with Crippen molar-refractivity contribution in [1.29, 1.82) is 0 Å². The van der Waals surface area contributed by atoms with Gasteiger partial charge in [0.2, 0.25) is 0 Å². The Hall–Kier alpha value is -0.630. The van der Waals surface area contributed by atoms with Gasteiger partial charge in [-0.15, -0.1) is 0 Å². The minimum atomic E-state index is -0.117. The number of allylic oxidation sites excluding steroid dienone is 1. The zero-order valence-corrected chi connectivity index (χ0v) is 19.5. The van der Waals surface area contributed by atoms with Crippen LogP contribution in [0.5, 0.6) is 0 Å². The summed E-state index contributed by atoms with van der Waals surface area (Å²) >= 11 is 0. The van der Waals surface area contributed by atoms with Gasteiger partial charge < -0.3 is 5.11 Å². The summed E-state index contributed by atoms with van der Waals surface area (Å²) < 4.78 is 0. The molecule has 0 amide bonds. The van der Waals surface area contributed by atoms with Crippen LogP contribution >= 0.6 is 0 Å². The molecule has 0 aromatic rings. The molecule has 8 atom stereocenters. The van der Waals surface area contributed by atoms with Crippen LogP contribution in [0, 0.1) is 46.3 Å². The Kier molecular flexibility index (Phi) is 5.82. The molecule has 2 heteroatoms. The van der Waals surface area contributed by atoms with Crippen LogP contribution in [0.25, 0.3) is 0 Å². The molecule has 0 spiro atoms. The average molecular weight is 401 g/mol. The molecule has 29 heavy (non-hydrogen) atoms. The van der Waals surface area contributed by atoms with Gasteiger partial charge in [-0.2, -0.15) is 0 Å². The molecule has 4 aliphatic rings. The number of Topliss-reactive ketones (excluding diaryl/α,β-unsaturated/α-hetero) is 1. The third-order valence-corrected chi connectivity index (χ3v) is 10.2. The number of rotatable bonds is 5. The number of aliphatic hydroxyl groups is 1. The zero-order chi connectivity index (χ0) is 21.0. The molecule has 2 nitrogen and oxygen atoms in total. The maximum atomic E-state index is 13.0. The van der Waals surface area contributed by atoms with Gasteiger partial charge in [0.15, 0.2) is 0 Å². The molecule has 4 aliphatic carbocycles. The molecule has 3 saturated carbocycles. The zero-order valence-electron chi connectivity index (χ0n) is 19.5. The van der Waals surface area contributed by atoms with E-state index >= 15 is 0 Å². The van der Waals surface area contributed by atoms with Crippen LogP contribution in [0.2, 0.25) is 0 Å². The predicted molar refractivity (Wildman–Crippen MR) is 119 cm³/mol. The summed E-state index contributed by atoms with van der Waals surface area (Å²) in [6.07, 6.45) is 13.7. The van der Waals surface area contributed by atoms with E-state index in [0.717, 1.165) is 49.9 Å². The summed E-state index contributed by atoms with van der Waals surface area (Å²) in [7, 11) is 0. The van der Waals surface area contributed by atoms with Gasteiger partial charge in [-0.1, -0.05) is 46.3 Å². The first-order valence-corrected chi connectivity index (χ1v) is 12.6. The lowest BCUT2D eigenvalue weighted by atomic mass is 9.47. The third-order valence-electron chi connectivity index (χ3n) is 10.2. The quantitative estimate of drug-likeness (QED) is 0.530. The number of ketones is 1. The summed E-state index contributed by atoms with van der Waals surface area (Å²) in [4.78, 5) is 13.0. The topological polar surface area (TPSA) is 37.3 Å². The second-order valence-corrected chi connectivity index (χ2v) is 12.1.